The van der Waals surface area contributed by atoms with Crippen LogP contribution in [0.25, 0.3) is 33.2 Å². The topological polar surface area (TPSA) is 117 Å². The van der Waals surface area contributed by atoms with Gasteiger partial charge >= 0.3 is 0 Å². The number of rotatable bonds is 5. The SMILES string of the molecule is Cc1ncc(-c2cc(OC3CCOCC3)c3ncnc(C)c3c2)cc1-c1ccc(F)c(S(N)(=O)=O)c1F. The Balaban J connectivity index is 1.66. The zero-order valence-electron chi connectivity index (χ0n) is 20.2. The highest BCUT2D eigenvalue weighted by atomic mass is 32.2. The molecule has 2 aromatic carbocycles. The first-order valence-corrected chi connectivity index (χ1v) is 13.2. The van der Waals surface area contributed by atoms with Crippen LogP contribution in [0.3, 0.4) is 0 Å². The van der Waals surface area contributed by atoms with Crippen LogP contribution in [0.1, 0.15) is 24.2 Å². The lowest BCUT2D eigenvalue weighted by Gasteiger charge is -2.24. The summed E-state index contributed by atoms with van der Waals surface area (Å²) in [4.78, 5) is 12.0. The van der Waals surface area contributed by atoms with Crippen molar-refractivity contribution in [1.29, 1.82) is 0 Å². The van der Waals surface area contributed by atoms with E-state index in [9.17, 15) is 12.8 Å². The molecule has 1 saturated heterocycles. The van der Waals surface area contributed by atoms with Crippen molar-refractivity contribution in [3.8, 4) is 28.0 Å². The normalized spacial score (nSPS) is 14.7. The van der Waals surface area contributed by atoms with E-state index < -0.39 is 26.6 Å². The van der Waals surface area contributed by atoms with Crippen molar-refractivity contribution in [2.24, 2.45) is 5.14 Å². The number of benzene rings is 2. The van der Waals surface area contributed by atoms with Crippen LogP contribution < -0.4 is 9.88 Å². The fourth-order valence-corrected chi connectivity index (χ4v) is 5.15. The summed E-state index contributed by atoms with van der Waals surface area (Å²) in [5.41, 5.74) is 3.36. The van der Waals surface area contributed by atoms with Crippen LogP contribution in [0.15, 0.2) is 47.8 Å². The Morgan fingerprint density at radius 2 is 1.73 bits per heavy atom. The number of ether oxygens (including phenoxy) is 2. The van der Waals surface area contributed by atoms with E-state index in [0.717, 1.165) is 35.6 Å². The van der Waals surface area contributed by atoms with Gasteiger partial charge in [0, 0.05) is 52.5 Å². The van der Waals surface area contributed by atoms with Crippen LogP contribution in [-0.4, -0.2) is 42.7 Å². The summed E-state index contributed by atoms with van der Waals surface area (Å²) >= 11 is 0. The second-order valence-corrected chi connectivity index (χ2v) is 10.4. The summed E-state index contributed by atoms with van der Waals surface area (Å²) in [5, 5.41) is 5.85. The second kappa shape index (κ2) is 9.73. The van der Waals surface area contributed by atoms with E-state index in [4.69, 9.17) is 14.6 Å². The molecule has 8 nitrogen and oxygen atoms in total. The Labute approximate surface area is 212 Å². The van der Waals surface area contributed by atoms with Crippen LogP contribution in [0.4, 0.5) is 8.78 Å². The van der Waals surface area contributed by atoms with Gasteiger partial charge in [-0.25, -0.2) is 32.3 Å². The number of aromatic nitrogens is 3. The summed E-state index contributed by atoms with van der Waals surface area (Å²) in [5.74, 6) is -1.95. The number of sulfonamides is 1. The van der Waals surface area contributed by atoms with Gasteiger partial charge in [0.1, 0.15) is 29.5 Å². The quantitative estimate of drug-likeness (QED) is 0.408. The summed E-state index contributed by atoms with van der Waals surface area (Å²) in [7, 11) is -4.63. The first kappa shape index (κ1) is 25.1. The molecule has 11 heteroatoms. The average molecular weight is 527 g/mol. The van der Waals surface area contributed by atoms with Gasteiger partial charge in [-0.3, -0.25) is 4.98 Å². The molecule has 0 unspecified atom stereocenters. The third kappa shape index (κ3) is 4.89. The third-order valence-corrected chi connectivity index (χ3v) is 7.35. The maximum Gasteiger partial charge on any atom is 0.243 e. The van der Waals surface area contributed by atoms with Gasteiger partial charge in [-0.1, -0.05) is 0 Å². The highest BCUT2D eigenvalue weighted by molar-refractivity contribution is 7.89. The molecule has 3 heterocycles. The zero-order chi connectivity index (χ0) is 26.3. The molecule has 0 amide bonds. The van der Waals surface area contributed by atoms with Crippen molar-refractivity contribution >= 4 is 20.9 Å². The minimum absolute atomic E-state index is 0.0286. The number of hydrogen-bond donors (Lipinski definition) is 1. The van der Waals surface area contributed by atoms with Gasteiger partial charge in [0.25, 0.3) is 0 Å². The van der Waals surface area contributed by atoms with E-state index >= 15 is 4.39 Å². The van der Waals surface area contributed by atoms with Crippen molar-refractivity contribution in [1.82, 2.24) is 15.0 Å². The highest BCUT2D eigenvalue weighted by Crippen LogP contribution is 2.37. The molecule has 0 radical (unpaired) electrons. The first-order valence-electron chi connectivity index (χ1n) is 11.6. The van der Waals surface area contributed by atoms with Crippen molar-refractivity contribution in [2.45, 2.75) is 37.7 Å². The number of nitrogens with zero attached hydrogens (tertiary/aromatic N) is 3. The Kier molecular flexibility index (Phi) is 6.61. The minimum Gasteiger partial charge on any atom is -0.488 e. The van der Waals surface area contributed by atoms with Crippen LogP contribution in [0.2, 0.25) is 0 Å². The minimum atomic E-state index is -4.63. The lowest BCUT2D eigenvalue weighted by atomic mass is 9.97. The number of halogens is 2. The average Bonchev–Trinajstić information content (AvgIpc) is 2.85. The lowest BCUT2D eigenvalue weighted by molar-refractivity contribution is 0.0261. The molecule has 0 aliphatic carbocycles. The van der Waals surface area contributed by atoms with Gasteiger partial charge in [0.15, 0.2) is 10.7 Å². The van der Waals surface area contributed by atoms with E-state index in [1.807, 2.05) is 19.1 Å². The van der Waals surface area contributed by atoms with Crippen LogP contribution in [-0.2, 0) is 14.8 Å². The molecule has 0 spiro atoms. The summed E-state index contributed by atoms with van der Waals surface area (Å²) in [6.07, 6.45) is 4.59. The second-order valence-electron chi connectivity index (χ2n) is 8.90. The molecule has 1 aliphatic rings. The molecule has 1 fully saturated rings. The Bertz CT molecular complexity index is 1620. The number of hydrogen-bond acceptors (Lipinski definition) is 7. The lowest BCUT2D eigenvalue weighted by Crippen LogP contribution is -2.26. The molecular weight excluding hydrogens is 502 g/mol. The maximum atomic E-state index is 15.2. The van der Waals surface area contributed by atoms with Crippen molar-refractivity contribution in [3.63, 3.8) is 0 Å². The molecule has 1 aliphatic heterocycles. The molecule has 4 aromatic rings. The van der Waals surface area contributed by atoms with Gasteiger partial charge in [0.05, 0.1) is 13.2 Å². The number of pyridine rings is 1. The largest absolute Gasteiger partial charge is 0.488 e. The predicted molar refractivity (Wildman–Crippen MR) is 133 cm³/mol. The fraction of sp³-hybridized carbons (Fsp3) is 0.269. The maximum absolute atomic E-state index is 15.2. The number of nitrogens with two attached hydrogens (primary N) is 1. The van der Waals surface area contributed by atoms with E-state index in [-0.39, 0.29) is 11.7 Å². The molecule has 0 saturated carbocycles. The van der Waals surface area contributed by atoms with Gasteiger partial charge in [0.2, 0.25) is 10.0 Å². The Morgan fingerprint density at radius 3 is 2.46 bits per heavy atom. The van der Waals surface area contributed by atoms with Crippen LogP contribution >= 0.6 is 0 Å². The first-order chi connectivity index (χ1) is 17.6. The monoisotopic (exact) mass is 526 g/mol. The van der Waals surface area contributed by atoms with Crippen molar-refractivity contribution < 1.29 is 26.7 Å². The zero-order valence-corrected chi connectivity index (χ0v) is 21.0. The van der Waals surface area contributed by atoms with E-state index in [1.54, 1.807) is 19.2 Å². The molecule has 0 atom stereocenters. The fourth-order valence-electron chi connectivity index (χ4n) is 4.45. The van der Waals surface area contributed by atoms with Crippen LogP contribution in [0, 0.1) is 25.5 Å². The molecule has 2 aromatic heterocycles. The molecule has 5 rings (SSSR count). The molecule has 192 valence electrons. The smallest absolute Gasteiger partial charge is 0.243 e. The van der Waals surface area contributed by atoms with Gasteiger partial charge < -0.3 is 9.47 Å². The number of fused-ring (bicyclic) bond motifs is 1. The Morgan fingerprint density at radius 1 is 0.973 bits per heavy atom. The van der Waals surface area contributed by atoms with Crippen molar-refractivity contribution in [2.75, 3.05) is 13.2 Å². The van der Waals surface area contributed by atoms with Gasteiger partial charge in [-0.05, 0) is 49.7 Å². The third-order valence-electron chi connectivity index (χ3n) is 6.41. The highest BCUT2D eigenvalue weighted by Gasteiger charge is 2.25. The summed E-state index contributed by atoms with van der Waals surface area (Å²) < 4.78 is 64.9. The number of aryl methyl sites for hydroxylation is 2. The predicted octanol–water partition coefficient (Wildman–Crippen LogP) is 4.46. The van der Waals surface area contributed by atoms with E-state index in [2.05, 4.69) is 15.0 Å². The van der Waals surface area contributed by atoms with E-state index in [0.29, 0.717) is 41.3 Å². The Hall–Kier alpha value is -3.54. The molecule has 37 heavy (non-hydrogen) atoms. The summed E-state index contributed by atoms with van der Waals surface area (Å²) in [6.45, 7) is 4.75. The van der Waals surface area contributed by atoms with E-state index in [1.165, 1.54) is 12.4 Å². The van der Waals surface area contributed by atoms with Crippen molar-refractivity contribution in [3.05, 3.63) is 65.9 Å². The standard InChI is InChI=1S/C26H24F2N4O4S/c1-14-20(19-3-4-22(27)26(24(19)28)37(29,33)34)10-17(12-30-14)16-9-21-15(2)31-13-32-25(21)23(11-16)36-18-5-7-35-8-6-18/h3-4,9-13,18H,5-8H2,1-2H3,(H2,29,33,34). The van der Waals surface area contributed by atoms with Crippen LogP contribution in [0.5, 0.6) is 5.75 Å². The van der Waals surface area contributed by atoms with Gasteiger partial charge in [-0.2, -0.15) is 0 Å². The summed E-state index contributed by atoms with van der Waals surface area (Å²) in [6, 6.07) is 7.46. The molecule has 2 N–H and O–H groups in total. The van der Waals surface area contributed by atoms with Gasteiger partial charge in [-0.15, -0.1) is 0 Å². The molecule has 0 bridgehead atoms. The molecular formula is C26H24F2N4O4S. The number of primary sulfonamides is 1.